The van der Waals surface area contributed by atoms with Gasteiger partial charge in [-0.15, -0.1) is 6.58 Å². The number of hydrogen-bond donors (Lipinski definition) is 0. The van der Waals surface area contributed by atoms with Gasteiger partial charge >= 0.3 is 7.12 Å². The molecule has 1 aromatic carbocycles. The Kier molecular flexibility index (Phi) is 6.33. The van der Waals surface area contributed by atoms with Crippen LogP contribution >= 0.6 is 0 Å². The Morgan fingerprint density at radius 1 is 1.33 bits per heavy atom. The van der Waals surface area contributed by atoms with Crippen molar-refractivity contribution in [2.45, 2.75) is 26.7 Å². The van der Waals surface area contributed by atoms with Gasteiger partial charge in [0, 0.05) is 19.1 Å². The molecule has 3 nitrogen and oxygen atoms in total. The van der Waals surface area contributed by atoms with Crippen molar-refractivity contribution in [1.29, 1.82) is 0 Å². The van der Waals surface area contributed by atoms with E-state index in [4.69, 9.17) is 14.0 Å². The van der Waals surface area contributed by atoms with E-state index in [1.54, 1.807) is 0 Å². The van der Waals surface area contributed by atoms with E-state index in [1.165, 1.54) is 0 Å². The fraction of sp³-hybridized carbons (Fsp3) is 0.529. The van der Waals surface area contributed by atoms with E-state index in [9.17, 15) is 0 Å². The van der Waals surface area contributed by atoms with Gasteiger partial charge in [-0.05, 0) is 29.9 Å². The molecule has 4 heteroatoms. The van der Waals surface area contributed by atoms with E-state index in [0.29, 0.717) is 11.8 Å². The molecule has 1 aromatic rings. The van der Waals surface area contributed by atoms with Crippen molar-refractivity contribution < 1.29 is 14.0 Å². The first-order valence-electron chi connectivity index (χ1n) is 7.79. The summed E-state index contributed by atoms with van der Waals surface area (Å²) in [5.74, 6) is 1.91. The van der Waals surface area contributed by atoms with Crippen molar-refractivity contribution >= 4 is 12.6 Å². The first-order chi connectivity index (χ1) is 10.2. The normalized spacial score (nSPS) is 17.5. The third kappa shape index (κ3) is 4.90. The van der Waals surface area contributed by atoms with Gasteiger partial charge < -0.3 is 14.0 Å². The van der Waals surface area contributed by atoms with Crippen molar-refractivity contribution in [3.05, 3.63) is 36.9 Å². The molecular formula is C17H25BO3. The summed E-state index contributed by atoms with van der Waals surface area (Å²) in [5.41, 5.74) is 1.04. The van der Waals surface area contributed by atoms with Crippen LogP contribution < -0.4 is 10.2 Å². The summed E-state index contributed by atoms with van der Waals surface area (Å²) in [6.07, 6.45) is 3.99. The molecule has 0 saturated carbocycles. The Bertz CT molecular complexity index is 424. The minimum absolute atomic E-state index is 0.255. The van der Waals surface area contributed by atoms with E-state index < -0.39 is 0 Å². The number of rotatable bonds is 7. The predicted molar refractivity (Wildman–Crippen MR) is 87.0 cm³/mol. The minimum Gasteiger partial charge on any atom is -0.493 e. The van der Waals surface area contributed by atoms with Crippen LogP contribution in [0.5, 0.6) is 5.75 Å². The molecule has 114 valence electrons. The summed E-state index contributed by atoms with van der Waals surface area (Å²) in [5, 5.41) is 0. The van der Waals surface area contributed by atoms with Gasteiger partial charge in [-0.2, -0.15) is 0 Å². The van der Waals surface area contributed by atoms with Gasteiger partial charge in [0.25, 0.3) is 0 Å². The van der Waals surface area contributed by atoms with Crippen LogP contribution in [0.2, 0.25) is 0 Å². The van der Waals surface area contributed by atoms with Crippen LogP contribution in [0.1, 0.15) is 26.7 Å². The minimum atomic E-state index is -0.255. The van der Waals surface area contributed by atoms with Crippen LogP contribution in [0.4, 0.5) is 0 Å². The zero-order valence-corrected chi connectivity index (χ0v) is 13.1. The highest BCUT2D eigenvalue weighted by molar-refractivity contribution is 6.61. The maximum absolute atomic E-state index is 5.77. The Hall–Kier alpha value is -1.26. The number of benzene rings is 1. The van der Waals surface area contributed by atoms with Crippen LogP contribution in [0.25, 0.3) is 0 Å². The van der Waals surface area contributed by atoms with E-state index in [2.05, 4.69) is 20.4 Å². The molecule has 0 N–H and O–H groups in total. The molecular weight excluding hydrogens is 263 g/mol. The fourth-order valence-corrected chi connectivity index (χ4v) is 2.18. The zero-order chi connectivity index (χ0) is 15.1. The average molecular weight is 288 g/mol. The first kappa shape index (κ1) is 16.1. The highest BCUT2D eigenvalue weighted by Gasteiger charge is 2.28. The maximum atomic E-state index is 5.77. The molecule has 1 aliphatic heterocycles. The highest BCUT2D eigenvalue weighted by atomic mass is 16.6. The van der Waals surface area contributed by atoms with Crippen LogP contribution in [-0.4, -0.2) is 26.9 Å². The molecule has 1 fully saturated rings. The van der Waals surface area contributed by atoms with Crippen molar-refractivity contribution in [2.24, 2.45) is 11.8 Å². The average Bonchev–Trinajstić information content (AvgIpc) is 2.54. The maximum Gasteiger partial charge on any atom is 0.493 e. The molecule has 0 aromatic heterocycles. The third-order valence-corrected chi connectivity index (χ3v) is 3.85. The number of ether oxygens (including phenoxy) is 1. The Morgan fingerprint density at radius 2 is 2.00 bits per heavy atom. The lowest BCUT2D eigenvalue weighted by Crippen LogP contribution is -2.44. The molecule has 0 amide bonds. The summed E-state index contributed by atoms with van der Waals surface area (Å²) in [4.78, 5) is 0. The van der Waals surface area contributed by atoms with Gasteiger partial charge in [0.2, 0.25) is 0 Å². The second kappa shape index (κ2) is 8.25. The smallest absolute Gasteiger partial charge is 0.493 e. The number of hydrogen-bond acceptors (Lipinski definition) is 3. The van der Waals surface area contributed by atoms with Gasteiger partial charge in [-0.1, -0.05) is 38.5 Å². The molecule has 0 radical (unpaired) electrons. The van der Waals surface area contributed by atoms with Crippen molar-refractivity contribution in [2.75, 3.05) is 19.8 Å². The molecule has 0 bridgehead atoms. The summed E-state index contributed by atoms with van der Waals surface area (Å²) >= 11 is 0. The fourth-order valence-electron chi connectivity index (χ4n) is 2.18. The van der Waals surface area contributed by atoms with Gasteiger partial charge in [0.05, 0.1) is 6.61 Å². The molecule has 1 saturated heterocycles. The summed E-state index contributed by atoms with van der Waals surface area (Å²) < 4.78 is 17.3. The van der Waals surface area contributed by atoms with E-state index in [1.807, 2.05) is 30.3 Å². The van der Waals surface area contributed by atoms with Crippen molar-refractivity contribution in [1.82, 2.24) is 0 Å². The molecule has 2 rings (SSSR count). The molecule has 1 atom stereocenters. The van der Waals surface area contributed by atoms with E-state index in [0.717, 1.165) is 43.9 Å². The first-order valence-corrected chi connectivity index (χ1v) is 7.79. The monoisotopic (exact) mass is 288 g/mol. The quantitative estimate of drug-likeness (QED) is 0.570. The highest BCUT2D eigenvalue weighted by Crippen LogP contribution is 2.15. The zero-order valence-electron chi connectivity index (χ0n) is 13.1. The van der Waals surface area contributed by atoms with Gasteiger partial charge in [0.15, 0.2) is 0 Å². The van der Waals surface area contributed by atoms with Crippen LogP contribution in [0, 0.1) is 11.8 Å². The lowest BCUT2D eigenvalue weighted by atomic mass is 9.77. The van der Waals surface area contributed by atoms with Gasteiger partial charge in [-0.25, -0.2) is 0 Å². The molecule has 0 unspecified atom stereocenters. The van der Waals surface area contributed by atoms with Crippen molar-refractivity contribution in [3.63, 3.8) is 0 Å². The number of allylic oxidation sites excluding steroid dienone is 1. The van der Waals surface area contributed by atoms with Crippen LogP contribution in [-0.2, 0) is 9.31 Å². The van der Waals surface area contributed by atoms with Gasteiger partial charge in [-0.3, -0.25) is 0 Å². The molecule has 21 heavy (non-hydrogen) atoms. The van der Waals surface area contributed by atoms with Gasteiger partial charge in [0.1, 0.15) is 5.75 Å². The second-order valence-corrected chi connectivity index (χ2v) is 5.78. The molecule has 1 heterocycles. The van der Waals surface area contributed by atoms with E-state index in [-0.39, 0.29) is 7.12 Å². The van der Waals surface area contributed by atoms with Crippen molar-refractivity contribution in [3.8, 4) is 5.75 Å². The summed E-state index contributed by atoms with van der Waals surface area (Å²) in [6, 6.07) is 8.01. The molecule has 0 aliphatic carbocycles. The Morgan fingerprint density at radius 3 is 2.57 bits per heavy atom. The Labute approximate surface area is 128 Å². The lowest BCUT2D eigenvalue weighted by molar-refractivity contribution is 0.0883. The summed E-state index contributed by atoms with van der Waals surface area (Å²) in [7, 11) is -0.255. The summed E-state index contributed by atoms with van der Waals surface area (Å²) in [6.45, 7) is 10.3. The van der Waals surface area contributed by atoms with Crippen LogP contribution in [0.15, 0.2) is 36.9 Å². The standard InChI is InChI=1S/C17H25BO3/c1-4-6-15-12-20-18(21-13-15)16-7-9-17(10-8-16)19-11-14(3)5-2/h4,7-10,14-15H,1,5-6,11-13H2,2-3H3/t14-/m0/s1. The largest absolute Gasteiger partial charge is 0.493 e. The second-order valence-electron chi connectivity index (χ2n) is 5.78. The topological polar surface area (TPSA) is 27.7 Å². The Balaban J connectivity index is 1.83. The van der Waals surface area contributed by atoms with Crippen LogP contribution in [0.3, 0.4) is 0 Å². The third-order valence-electron chi connectivity index (χ3n) is 3.85. The SMILES string of the molecule is C=CCC1COB(c2ccc(OC[C@@H](C)CC)cc2)OC1. The van der Waals surface area contributed by atoms with E-state index >= 15 is 0 Å². The molecule has 1 aliphatic rings. The lowest BCUT2D eigenvalue weighted by Gasteiger charge is -2.26. The molecule has 0 spiro atoms. The predicted octanol–water partition coefficient (Wildman–Crippen LogP) is 3.05.